The number of rotatable bonds is 14. The molecule has 270 valence electrons. The van der Waals surface area contributed by atoms with Gasteiger partial charge in [-0.05, 0) is 32.0 Å². The third kappa shape index (κ3) is 8.20. The van der Waals surface area contributed by atoms with Crippen molar-refractivity contribution in [2.75, 3.05) is 17.7 Å². The van der Waals surface area contributed by atoms with Gasteiger partial charge in [0.1, 0.15) is 23.7 Å². The summed E-state index contributed by atoms with van der Waals surface area (Å²) in [5, 5.41) is 48.8. The van der Waals surface area contributed by atoms with Gasteiger partial charge in [0.15, 0.2) is 34.8 Å². The fourth-order valence-corrected chi connectivity index (χ4v) is 4.72. The molecule has 20 heteroatoms. The summed E-state index contributed by atoms with van der Waals surface area (Å²) in [4.78, 5) is 62.9. The van der Waals surface area contributed by atoms with Gasteiger partial charge in [-0.25, -0.2) is 19.5 Å². The number of nitriles is 1. The summed E-state index contributed by atoms with van der Waals surface area (Å²) in [6.07, 6.45) is 3.45. The van der Waals surface area contributed by atoms with Crippen LogP contribution < -0.4 is 15.4 Å². The van der Waals surface area contributed by atoms with Crippen LogP contribution in [0.2, 0.25) is 0 Å². The van der Waals surface area contributed by atoms with Crippen molar-refractivity contribution in [3.05, 3.63) is 95.9 Å². The number of para-hydroxylation sites is 3. The third-order valence-corrected chi connectivity index (χ3v) is 7.40. The van der Waals surface area contributed by atoms with E-state index < -0.39 is 35.5 Å². The van der Waals surface area contributed by atoms with E-state index in [4.69, 9.17) is 11.3 Å². The number of Topliss-reactive ketones (excluding diaryl/α,β-unsaturated/α-hetero) is 2. The first kappa shape index (κ1) is 37.4. The number of amides is 2. The number of aliphatic hydroxyl groups is 1. The van der Waals surface area contributed by atoms with Gasteiger partial charge in [0.25, 0.3) is 17.5 Å². The van der Waals surface area contributed by atoms with Crippen molar-refractivity contribution in [3.63, 3.8) is 0 Å². The molecule has 0 aliphatic carbocycles. The van der Waals surface area contributed by atoms with Crippen molar-refractivity contribution in [1.29, 1.82) is 5.26 Å². The summed E-state index contributed by atoms with van der Waals surface area (Å²) >= 11 is 0. The minimum Gasteiger partial charge on any atom is -0.495 e. The molecule has 54 heavy (non-hydrogen) atoms. The van der Waals surface area contributed by atoms with E-state index in [0.29, 0.717) is 17.0 Å². The molecular weight excluding hydrogens is 700 g/mol. The molecule has 2 unspecified atom stereocenters. The van der Waals surface area contributed by atoms with Gasteiger partial charge in [0, 0.05) is 17.3 Å². The summed E-state index contributed by atoms with van der Waals surface area (Å²) < 4.78 is 7.44. The highest BCUT2D eigenvalue weighted by molar-refractivity contribution is 6.11. The highest BCUT2D eigenvalue weighted by Gasteiger charge is 2.27. The lowest BCUT2D eigenvalue weighted by atomic mass is 10.1. The van der Waals surface area contributed by atoms with E-state index >= 15 is 0 Å². The van der Waals surface area contributed by atoms with Gasteiger partial charge in [-0.1, -0.05) is 30.3 Å². The van der Waals surface area contributed by atoms with Crippen molar-refractivity contribution in [2.24, 2.45) is 20.5 Å². The number of aromatic nitrogens is 6. The number of ether oxygens (including phenoxy) is 1. The second-order valence-corrected chi connectivity index (χ2v) is 11.0. The monoisotopic (exact) mass is 728 g/mol. The van der Waals surface area contributed by atoms with Crippen molar-refractivity contribution >= 4 is 52.1 Å². The normalized spacial score (nSPS) is 12.1. The van der Waals surface area contributed by atoms with Crippen molar-refractivity contribution < 1.29 is 29.0 Å². The number of azo groups is 2. The van der Waals surface area contributed by atoms with E-state index in [2.05, 4.69) is 56.1 Å². The number of ketones is 2. The predicted molar refractivity (Wildman–Crippen MR) is 188 cm³/mol. The summed E-state index contributed by atoms with van der Waals surface area (Å²) in [5.74, 6) is -2.93. The number of nitrogens with zero attached hydrogens (tertiary/aromatic N) is 12. The first-order valence-electron chi connectivity index (χ1n) is 15.6. The summed E-state index contributed by atoms with van der Waals surface area (Å²) in [7, 11) is 1.42. The van der Waals surface area contributed by atoms with E-state index in [0.717, 1.165) is 29.5 Å². The fourth-order valence-electron chi connectivity index (χ4n) is 4.72. The molecule has 0 saturated heterocycles. The summed E-state index contributed by atoms with van der Waals surface area (Å²) in [5.41, 5.74) is 0.803. The molecule has 0 bridgehead atoms. The average molecular weight is 729 g/mol. The Morgan fingerprint density at radius 1 is 0.889 bits per heavy atom. The van der Waals surface area contributed by atoms with Crippen LogP contribution >= 0.6 is 0 Å². The predicted octanol–water partition coefficient (Wildman–Crippen LogP) is 4.13. The molecule has 3 aromatic heterocycles. The lowest BCUT2D eigenvalue weighted by Crippen LogP contribution is -2.32. The second-order valence-electron chi connectivity index (χ2n) is 11.0. The lowest BCUT2D eigenvalue weighted by molar-refractivity contribution is -0.127. The van der Waals surface area contributed by atoms with Crippen LogP contribution in [0.3, 0.4) is 0 Å². The van der Waals surface area contributed by atoms with Crippen LogP contribution in [0.1, 0.15) is 25.0 Å². The Morgan fingerprint density at radius 3 is 2.04 bits per heavy atom. The Kier molecular flexibility index (Phi) is 11.7. The van der Waals surface area contributed by atoms with Crippen LogP contribution in [-0.2, 0) is 25.8 Å². The number of aliphatic hydroxyl groups excluding tert-OH is 1. The minimum absolute atomic E-state index is 0.0132. The third-order valence-electron chi connectivity index (χ3n) is 7.40. The van der Waals surface area contributed by atoms with Crippen molar-refractivity contribution in [3.8, 4) is 23.5 Å². The number of carbonyl (C=O) groups is 4. The van der Waals surface area contributed by atoms with Crippen LogP contribution in [-0.4, -0.2) is 77.2 Å². The van der Waals surface area contributed by atoms with E-state index in [1.54, 1.807) is 48.5 Å². The number of benzene rings is 2. The molecular formula is C34H28N14O6. The highest BCUT2D eigenvalue weighted by atomic mass is 16.5. The number of carbonyl (C=O) groups excluding carboxylic acids is 4. The van der Waals surface area contributed by atoms with E-state index in [9.17, 15) is 29.5 Å². The standard InChI is InChI=1S/C34H28N14O6/c1-19(50)29(33(52)41-23-10-6-5-9-21(23)17-49)44-46-32-25(36-3)16-40-48(32)28-13-27(37-18-38-28)47-31(22(14-35)15-39-47)45-43-30(20(2)51)34(53)42-24-11-7-8-12-26(24)54-4/h5-13,15-16,18,29-30,49H,17H2,1-2,4H3,(H,41,52)(H,42,53). The molecule has 0 aliphatic rings. The van der Waals surface area contributed by atoms with Crippen LogP contribution in [0.25, 0.3) is 16.5 Å². The first-order valence-corrected chi connectivity index (χ1v) is 15.6. The van der Waals surface area contributed by atoms with Gasteiger partial charge >= 0.3 is 0 Å². The molecule has 5 rings (SSSR count). The molecule has 0 aliphatic heterocycles. The topological polar surface area (TPSA) is 261 Å². The zero-order chi connectivity index (χ0) is 38.8. The van der Waals surface area contributed by atoms with E-state index in [-0.39, 0.29) is 46.8 Å². The maximum atomic E-state index is 13.1. The average Bonchev–Trinajstić information content (AvgIpc) is 3.79. The van der Waals surface area contributed by atoms with Gasteiger partial charge in [0.2, 0.25) is 12.1 Å². The quantitative estimate of drug-likeness (QED) is 0.0831. The Bertz CT molecular complexity index is 2220. The van der Waals surface area contributed by atoms with Gasteiger partial charge in [0.05, 0.1) is 38.4 Å². The molecule has 0 fully saturated rings. The molecule has 5 aromatic rings. The van der Waals surface area contributed by atoms with Gasteiger partial charge in [-0.2, -0.15) is 30.4 Å². The van der Waals surface area contributed by atoms with E-state index in [1.807, 2.05) is 6.07 Å². The molecule has 0 saturated carbocycles. The number of methoxy groups -OCH3 is 1. The molecule has 20 nitrogen and oxygen atoms in total. The van der Waals surface area contributed by atoms with E-state index in [1.165, 1.54) is 25.6 Å². The molecule has 0 spiro atoms. The summed E-state index contributed by atoms with van der Waals surface area (Å²) in [6.45, 7) is 9.54. The minimum atomic E-state index is -1.63. The van der Waals surface area contributed by atoms with Crippen LogP contribution in [0, 0.1) is 17.9 Å². The number of nitrogens with one attached hydrogen (secondary N) is 2. The molecule has 2 aromatic carbocycles. The maximum absolute atomic E-state index is 13.1. The number of anilines is 2. The van der Waals surface area contributed by atoms with Crippen LogP contribution in [0.15, 0.2) is 93.8 Å². The number of hydrogen-bond donors (Lipinski definition) is 3. The van der Waals surface area contributed by atoms with Crippen LogP contribution in [0.5, 0.6) is 5.75 Å². The van der Waals surface area contributed by atoms with Gasteiger partial charge < -0.3 is 20.5 Å². The Morgan fingerprint density at radius 2 is 1.44 bits per heavy atom. The largest absolute Gasteiger partial charge is 0.495 e. The van der Waals surface area contributed by atoms with Crippen molar-refractivity contribution in [2.45, 2.75) is 32.5 Å². The highest BCUT2D eigenvalue weighted by Crippen LogP contribution is 2.32. The molecule has 3 heterocycles. The van der Waals surface area contributed by atoms with Gasteiger partial charge in [-0.15, -0.1) is 10.2 Å². The Balaban J connectivity index is 1.46. The van der Waals surface area contributed by atoms with Crippen LogP contribution in [0.4, 0.5) is 28.7 Å². The zero-order valence-electron chi connectivity index (χ0n) is 28.6. The molecule has 2 amide bonds. The molecule has 0 radical (unpaired) electrons. The lowest BCUT2D eigenvalue weighted by Gasteiger charge is -2.12. The second kappa shape index (κ2) is 16.9. The number of hydrogen-bond acceptors (Lipinski definition) is 15. The smallest absolute Gasteiger partial charge is 0.258 e. The Labute approximate surface area is 305 Å². The zero-order valence-corrected chi connectivity index (χ0v) is 28.6. The van der Waals surface area contributed by atoms with Gasteiger partial charge in [-0.3, -0.25) is 19.2 Å². The molecule has 2 atom stereocenters. The fraction of sp³-hybridized carbons (Fsp3) is 0.176. The van der Waals surface area contributed by atoms with Crippen molar-refractivity contribution in [1.82, 2.24) is 29.5 Å². The maximum Gasteiger partial charge on any atom is 0.258 e. The SMILES string of the molecule is [C-]#[N+]c1cnn(-c2cc(-n3ncc(C#N)c3N=NC(C(C)=O)C(=O)Nc3ccccc3OC)ncn2)c1N=NC(C(C)=O)C(=O)Nc1ccccc1CO. The Hall–Kier alpha value is -7.84. The first-order chi connectivity index (χ1) is 26.1. The summed E-state index contributed by atoms with van der Waals surface area (Å²) in [6, 6.07) is 13.0. The molecule has 3 N–H and O–H groups in total.